The van der Waals surface area contributed by atoms with Crippen molar-refractivity contribution in [3.63, 3.8) is 0 Å². The number of halogens is 2. The molecule has 0 radical (unpaired) electrons. The number of aliphatic hydroxyl groups excluding tert-OH is 4. The van der Waals surface area contributed by atoms with Crippen LogP contribution in [-0.2, 0) is 22.7 Å². The number of carboxylic acid groups (broad SMARTS) is 2. The predicted molar refractivity (Wildman–Crippen MR) is 317 cm³/mol. The number of aromatic hydroxyl groups is 1. The fraction of sp³-hybridized carbons (Fsp3) is 0.273. The molecule has 0 saturated carbocycles. The molecule has 8 aromatic rings. The molecule has 0 spiro atoms. The molecule has 15 nitrogen and oxygen atoms in total. The second-order valence-electron chi connectivity index (χ2n) is 20.2. The van der Waals surface area contributed by atoms with E-state index >= 15 is 0 Å². The number of benzene rings is 6. The number of hydrogen-bond donors (Lipinski definition) is 7. The van der Waals surface area contributed by atoms with Crippen LogP contribution < -0.4 is 20.8 Å². The summed E-state index contributed by atoms with van der Waals surface area (Å²) in [5.41, 5.74) is 2.22. The molecule has 7 N–H and O–H groups in total. The molecule has 4 atom stereocenters. The Labute approximate surface area is 531 Å². The smallest absolute Gasteiger partial charge is 0.550 e. The number of rotatable bonds is 24. The fourth-order valence-electron chi connectivity index (χ4n) is 9.88. The van der Waals surface area contributed by atoms with Crippen molar-refractivity contribution in [3.8, 4) is 50.5 Å². The van der Waals surface area contributed by atoms with Gasteiger partial charge in [0.2, 0.25) is 0 Å². The number of carboxylic acids is 2. The van der Waals surface area contributed by atoms with E-state index in [0.29, 0.717) is 33.9 Å². The molecule has 2 aromatic heterocycles. The van der Waals surface area contributed by atoms with Crippen LogP contribution in [0.4, 0.5) is 20.2 Å². The molecular formula is C66H68CaF2N4O11. The first kappa shape index (κ1) is 52.1. The third-order valence-electron chi connectivity index (χ3n) is 13.3. The Morgan fingerprint density at radius 2 is 0.869 bits per heavy atom. The van der Waals surface area contributed by atoms with Gasteiger partial charge >= 0.3 is 37.7 Å². The number of nitrogens with zero attached hydrogens (tertiary/aromatic N) is 2. The molecule has 2 amide bonds. The Morgan fingerprint density at radius 3 is 1.21 bits per heavy atom. The molecule has 2 heterocycles. The first-order valence-electron chi connectivity index (χ1n) is 31.6. The Bertz CT molecular complexity index is 4010. The fourth-order valence-corrected chi connectivity index (χ4v) is 9.88. The number of nitrogens with one attached hydrogen (secondary N) is 2. The molecule has 434 valence electrons. The van der Waals surface area contributed by atoms with Crippen LogP contribution in [0.1, 0.15) is 124 Å². The molecule has 8 rings (SSSR count). The number of phenolic OH excluding ortho intramolecular Hbond substituents is 1. The van der Waals surface area contributed by atoms with Crippen molar-refractivity contribution in [1.29, 1.82) is 0 Å². The third kappa shape index (κ3) is 17.3. The van der Waals surface area contributed by atoms with E-state index in [0.717, 1.165) is 0 Å². The van der Waals surface area contributed by atoms with Crippen molar-refractivity contribution in [2.24, 2.45) is 0 Å². The number of anilines is 2. The second-order valence-corrected chi connectivity index (χ2v) is 20.2. The Morgan fingerprint density at radius 1 is 0.512 bits per heavy atom. The van der Waals surface area contributed by atoms with E-state index < -0.39 is 145 Å². The van der Waals surface area contributed by atoms with Gasteiger partial charge in [0.05, 0.1) is 60.6 Å². The Kier molecular flexibility index (Phi) is 19.2. The van der Waals surface area contributed by atoms with Gasteiger partial charge in [0, 0.05) is 71.8 Å². The topological polar surface area (TPSA) is 249 Å². The largest absolute Gasteiger partial charge is 2.00 e. The van der Waals surface area contributed by atoms with Crippen LogP contribution in [0.3, 0.4) is 0 Å². The van der Waals surface area contributed by atoms with Crippen LogP contribution in [0.25, 0.3) is 44.8 Å². The van der Waals surface area contributed by atoms with Gasteiger partial charge in [0.25, 0.3) is 11.8 Å². The summed E-state index contributed by atoms with van der Waals surface area (Å²) >= 11 is 0. The monoisotopic (exact) mass is 1180 g/mol. The molecule has 0 bridgehead atoms. The van der Waals surface area contributed by atoms with E-state index in [9.17, 15) is 63.7 Å². The van der Waals surface area contributed by atoms with Gasteiger partial charge in [-0.3, -0.25) is 9.59 Å². The first-order valence-corrected chi connectivity index (χ1v) is 26.6. The normalized spacial score (nSPS) is 14.2. The zero-order valence-electron chi connectivity index (χ0n) is 56.5. The summed E-state index contributed by atoms with van der Waals surface area (Å²) in [4.78, 5) is 50.4. The standard InChI is InChI=1S/C33H35FN2O6.C33H35FN2O5.Ca/c1-20(2)31-30(33(42)35-24-12-14-25(37)15-13-24)29(21-6-4-3-5-7-21)32(22-8-10-23(34)11-9-22)36(31)17-16-26(38)18-27(39)19-28(40)41;1-21(2)31-30(33(41)35-25-11-7-4-8-12-25)29(22-9-5-3-6-10-22)32(23-13-15-24(34)16-14-23)36(31)18-17-26(37)19-27(38)20-28(39)40;/h3-15,20,26-27,37-39H,16-19H2,1-2H3,(H,35,42)(H,40,41);3-16,21,26-27,37-38H,17-20H2,1-2H3,(H,35,41)(H,39,40);/q;;+2/p-2/t2*26-,27-;/m11./s1/i3D,4D,5D,6D,7D;3D,5D,6D,9D,10D;. The number of hydrogen-bond acceptors (Lipinski definition) is 11. The van der Waals surface area contributed by atoms with E-state index in [1.54, 1.807) is 53.3 Å². The number of aromatic nitrogens is 2. The number of para-hydroxylation sites is 1. The molecule has 0 fully saturated rings. The quantitative estimate of drug-likeness (QED) is 0.0222. The minimum absolute atomic E-state index is 0. The van der Waals surface area contributed by atoms with Gasteiger partial charge in [-0.2, -0.15) is 0 Å². The van der Waals surface area contributed by atoms with Gasteiger partial charge in [-0.15, -0.1) is 0 Å². The van der Waals surface area contributed by atoms with Gasteiger partial charge in [-0.1, -0.05) is 106 Å². The van der Waals surface area contributed by atoms with Gasteiger partial charge in [-0.25, -0.2) is 8.78 Å². The summed E-state index contributed by atoms with van der Waals surface area (Å²) in [5.74, 6) is -6.26. The Balaban J connectivity index is 0.000000295. The van der Waals surface area contributed by atoms with Crippen molar-refractivity contribution >= 4 is 72.9 Å². The van der Waals surface area contributed by atoms with Crippen molar-refractivity contribution < 1.29 is 77.4 Å². The molecule has 0 unspecified atom stereocenters. The van der Waals surface area contributed by atoms with Gasteiger partial charge in [0.15, 0.2) is 0 Å². The van der Waals surface area contributed by atoms with Crippen LogP contribution in [0.15, 0.2) is 164 Å². The maximum absolute atomic E-state index is 14.3. The van der Waals surface area contributed by atoms with Crippen LogP contribution >= 0.6 is 0 Å². The van der Waals surface area contributed by atoms with E-state index in [4.69, 9.17) is 13.7 Å². The molecule has 0 aliphatic rings. The van der Waals surface area contributed by atoms with E-state index in [1.165, 1.54) is 72.8 Å². The van der Waals surface area contributed by atoms with E-state index in [-0.39, 0.29) is 127 Å². The zero-order valence-corrected chi connectivity index (χ0v) is 48.7. The van der Waals surface area contributed by atoms with Crippen LogP contribution in [0.2, 0.25) is 0 Å². The van der Waals surface area contributed by atoms with Crippen LogP contribution in [-0.4, -0.2) is 121 Å². The number of aliphatic carboxylic acids is 2. The maximum atomic E-state index is 14.3. The van der Waals surface area contributed by atoms with Gasteiger partial charge < -0.3 is 65.1 Å². The molecule has 0 aliphatic carbocycles. The minimum atomic E-state index is -1.48. The average molecular weight is 1180 g/mol. The number of carbonyl (C=O) groups excluding carboxylic acids is 4. The van der Waals surface area contributed by atoms with Crippen molar-refractivity contribution in [2.45, 2.75) is 116 Å². The summed E-state index contributed by atoms with van der Waals surface area (Å²) in [5, 5.41) is 78.8. The van der Waals surface area contributed by atoms with Crippen LogP contribution in [0.5, 0.6) is 5.75 Å². The molecule has 18 heteroatoms. The number of phenols is 1. The van der Waals surface area contributed by atoms with Crippen molar-refractivity contribution in [3.05, 3.63) is 198 Å². The molecule has 0 aliphatic heterocycles. The predicted octanol–water partition coefficient (Wildman–Crippen LogP) is 9.28. The number of aliphatic hydroxyl groups is 4. The minimum Gasteiger partial charge on any atom is -0.550 e. The second kappa shape index (κ2) is 30.9. The van der Waals surface area contributed by atoms with E-state index in [2.05, 4.69) is 10.6 Å². The summed E-state index contributed by atoms with van der Waals surface area (Å²) in [6.45, 7) is 7.16. The van der Waals surface area contributed by atoms with Gasteiger partial charge in [0.1, 0.15) is 17.4 Å². The molecule has 6 aromatic carbocycles. The van der Waals surface area contributed by atoms with E-state index in [1.807, 2.05) is 13.8 Å². The van der Waals surface area contributed by atoms with Crippen LogP contribution in [0, 0.1) is 11.6 Å². The summed E-state index contributed by atoms with van der Waals surface area (Å²) < 4.78 is 117. The maximum Gasteiger partial charge on any atom is 2.00 e. The summed E-state index contributed by atoms with van der Waals surface area (Å²) in [6, 6.07) is 18.7. The molecule has 84 heavy (non-hydrogen) atoms. The Hall–Kier alpha value is -7.48. The van der Waals surface area contributed by atoms with Gasteiger partial charge in [-0.05, 0) is 145 Å². The number of carbonyl (C=O) groups is 4. The molecular weight excluding hydrogens is 1100 g/mol. The van der Waals surface area contributed by atoms with Crippen molar-refractivity contribution in [2.75, 3.05) is 10.6 Å². The summed E-state index contributed by atoms with van der Waals surface area (Å²) in [6.07, 6.45) is -7.10. The number of amides is 2. The third-order valence-corrected chi connectivity index (χ3v) is 13.3. The van der Waals surface area contributed by atoms with Crippen molar-refractivity contribution in [1.82, 2.24) is 9.13 Å². The SMILES string of the molecule is [2H]c1c([2H])c([2H])c(-c2c(C(=O)Nc3ccc(O)cc3)c(C(C)C)n(CC[C@@H](O)C[C@@H](O)CC(=O)[O-])c2-c2ccc(F)cc2)c([2H])c1[2H].[2H]c1c([2H])c([2H])c(-c2c(C(=O)Nc3ccccc3)c(C(C)C)n(CC[C@@H](O)C[C@@H](O)CC(=O)[O-])c2-c2ccc(F)cc2)c([2H])c1[2H].[Ca+2]. The summed E-state index contributed by atoms with van der Waals surface area (Å²) in [7, 11) is 0. The zero-order chi connectivity index (χ0) is 68.6. The first-order chi connectivity index (χ1) is 43.8. The average Bonchev–Trinajstić information content (AvgIpc) is 1.56. The molecule has 0 saturated heterocycles.